The zero-order chi connectivity index (χ0) is 26.4. The predicted octanol–water partition coefficient (Wildman–Crippen LogP) is 2.42. The maximum absolute atomic E-state index is 13.1. The first-order valence-corrected chi connectivity index (χ1v) is 15.7. The molecular weight excluding hydrogens is 504 g/mol. The normalized spacial score (nSPS) is 34.1. The first-order valence-electron chi connectivity index (χ1n) is 14.2. The van der Waals surface area contributed by atoms with Gasteiger partial charge in [-0.15, -0.1) is 4.40 Å². The smallest absolute Gasteiger partial charge is 0.307 e. The van der Waals surface area contributed by atoms with Crippen LogP contribution in [0.15, 0.2) is 33.6 Å². The first kappa shape index (κ1) is 25.8. The summed E-state index contributed by atoms with van der Waals surface area (Å²) >= 11 is 0. The van der Waals surface area contributed by atoms with Crippen molar-refractivity contribution in [2.24, 2.45) is 39.9 Å². The third-order valence-electron chi connectivity index (χ3n) is 9.89. The van der Waals surface area contributed by atoms with Gasteiger partial charge in [-0.1, -0.05) is 25.0 Å². The molecule has 6 atom stereocenters. The number of rotatable bonds is 6. The molecule has 6 rings (SSSR count). The number of fused-ring (bicyclic) bond motifs is 3. The van der Waals surface area contributed by atoms with Gasteiger partial charge in [0.25, 0.3) is 10.0 Å². The summed E-state index contributed by atoms with van der Waals surface area (Å²) in [7, 11) is -3.61. The van der Waals surface area contributed by atoms with E-state index < -0.39 is 21.9 Å². The van der Waals surface area contributed by atoms with Crippen molar-refractivity contribution < 1.29 is 23.1 Å². The van der Waals surface area contributed by atoms with E-state index in [2.05, 4.69) is 19.5 Å². The second-order valence-electron chi connectivity index (χ2n) is 11.9. The number of carbonyl (C=O) groups excluding carboxylic acids is 1. The molecule has 9 nitrogen and oxygen atoms in total. The van der Waals surface area contributed by atoms with Crippen LogP contribution in [-0.2, 0) is 19.6 Å². The molecule has 10 heteroatoms. The number of carbonyl (C=O) groups is 2. The molecule has 206 valence electrons. The average Bonchev–Trinajstić information content (AvgIpc) is 3.61. The Balaban J connectivity index is 1.03. The van der Waals surface area contributed by atoms with Gasteiger partial charge in [0.15, 0.2) is 5.84 Å². The molecule has 2 aliphatic heterocycles. The highest BCUT2D eigenvalue weighted by Crippen LogP contribution is 2.52. The van der Waals surface area contributed by atoms with Gasteiger partial charge in [-0.05, 0) is 67.9 Å². The van der Waals surface area contributed by atoms with E-state index in [0.29, 0.717) is 34.7 Å². The molecule has 38 heavy (non-hydrogen) atoms. The molecule has 0 spiro atoms. The average molecular weight is 543 g/mol. The molecule has 3 saturated carbocycles. The highest BCUT2D eigenvalue weighted by atomic mass is 32.2. The van der Waals surface area contributed by atoms with Crippen molar-refractivity contribution >= 4 is 27.7 Å². The van der Waals surface area contributed by atoms with Gasteiger partial charge in [0.2, 0.25) is 5.91 Å². The Morgan fingerprint density at radius 3 is 2.37 bits per heavy atom. The van der Waals surface area contributed by atoms with Crippen LogP contribution < -0.4 is 5.32 Å². The van der Waals surface area contributed by atoms with Crippen molar-refractivity contribution in [1.82, 2.24) is 15.1 Å². The molecule has 5 aliphatic rings. The minimum absolute atomic E-state index is 0.0462. The van der Waals surface area contributed by atoms with E-state index in [1.807, 2.05) is 12.1 Å². The van der Waals surface area contributed by atoms with E-state index >= 15 is 0 Å². The number of sulfonamides is 1. The molecule has 0 aromatic heterocycles. The summed E-state index contributed by atoms with van der Waals surface area (Å²) in [5, 5.41) is 12.9. The summed E-state index contributed by atoms with van der Waals surface area (Å²) in [5.41, 5.74) is 0.699. The molecule has 0 unspecified atom stereocenters. The van der Waals surface area contributed by atoms with Crippen LogP contribution in [0.4, 0.5) is 0 Å². The van der Waals surface area contributed by atoms with E-state index in [1.54, 1.807) is 12.1 Å². The number of nitrogens with zero attached hydrogens (tertiary/aromatic N) is 3. The van der Waals surface area contributed by atoms with Crippen molar-refractivity contribution in [1.29, 1.82) is 0 Å². The number of nitrogens with one attached hydrogen (secondary N) is 1. The number of hydrogen-bond acceptors (Lipinski definition) is 6. The Hall–Kier alpha value is -2.46. The van der Waals surface area contributed by atoms with Crippen LogP contribution in [0.2, 0.25) is 0 Å². The molecule has 0 radical (unpaired) electrons. The molecule has 1 aromatic rings. The van der Waals surface area contributed by atoms with Gasteiger partial charge < -0.3 is 15.3 Å². The lowest BCUT2D eigenvalue weighted by molar-refractivity contribution is -0.149. The third kappa shape index (κ3) is 4.74. The van der Waals surface area contributed by atoms with Crippen LogP contribution in [0, 0.1) is 35.5 Å². The SMILES string of the molecule is O=C(NC[C@@H]1CCCC[C@H]1CN1CCN(C2=NS(=O)(=O)c3ccccc32)CC1)[C@@H]1[C@H]2CC[C@H](C2)[C@@H]1C(=O)O. The monoisotopic (exact) mass is 542 g/mol. The van der Waals surface area contributed by atoms with Crippen molar-refractivity contribution in [2.75, 3.05) is 39.3 Å². The van der Waals surface area contributed by atoms with Crippen LogP contribution in [0.5, 0.6) is 0 Å². The Morgan fingerprint density at radius 2 is 1.63 bits per heavy atom. The molecular formula is C28H38N4O5S. The van der Waals surface area contributed by atoms with Gasteiger partial charge in [-0.3, -0.25) is 14.5 Å². The minimum Gasteiger partial charge on any atom is -0.481 e. The zero-order valence-corrected chi connectivity index (χ0v) is 22.6. The molecule has 2 N–H and O–H groups in total. The third-order valence-corrected chi connectivity index (χ3v) is 11.2. The minimum atomic E-state index is -3.61. The molecule has 4 fully saturated rings. The quantitative estimate of drug-likeness (QED) is 0.567. The van der Waals surface area contributed by atoms with Gasteiger partial charge in [0.1, 0.15) is 4.90 Å². The van der Waals surface area contributed by atoms with Gasteiger partial charge in [0, 0.05) is 44.8 Å². The molecule has 2 bridgehead atoms. The first-order chi connectivity index (χ1) is 18.3. The number of carboxylic acids is 1. The Kier molecular flexibility index (Phi) is 6.97. The molecule has 3 aliphatic carbocycles. The fourth-order valence-electron chi connectivity index (χ4n) is 7.96. The standard InChI is InChI=1S/C28H38N4O5S/c33-27(24-18-9-10-19(15-18)25(24)28(34)35)29-16-20-5-1-2-6-21(20)17-31-11-13-32(14-12-31)26-22-7-3-4-8-23(22)38(36,37)30-26/h3-4,7-8,18-21,24-25H,1-2,5-6,9-17H2,(H,29,33)(H,34,35)/t18-,19+,20-,21-,24+,25-/m0/s1. The van der Waals surface area contributed by atoms with Crippen LogP contribution in [0.3, 0.4) is 0 Å². The molecule has 1 saturated heterocycles. The summed E-state index contributed by atoms with van der Waals surface area (Å²) in [6.45, 7) is 4.77. The number of carboxylic acid groups (broad SMARTS) is 1. The van der Waals surface area contributed by atoms with Crippen molar-refractivity contribution in [3.8, 4) is 0 Å². The number of amides is 1. The second-order valence-corrected chi connectivity index (χ2v) is 13.5. The zero-order valence-electron chi connectivity index (χ0n) is 21.8. The molecule has 1 amide bonds. The maximum Gasteiger partial charge on any atom is 0.307 e. The Morgan fingerprint density at radius 1 is 0.947 bits per heavy atom. The lowest BCUT2D eigenvalue weighted by atomic mass is 9.77. The van der Waals surface area contributed by atoms with Gasteiger partial charge in [0.05, 0.1) is 11.8 Å². The number of amidine groups is 1. The van der Waals surface area contributed by atoms with E-state index in [0.717, 1.165) is 64.8 Å². The fourth-order valence-corrected chi connectivity index (χ4v) is 9.19. The van der Waals surface area contributed by atoms with Crippen molar-refractivity contribution in [2.45, 2.75) is 49.8 Å². The molecule has 2 heterocycles. The van der Waals surface area contributed by atoms with Crippen LogP contribution in [-0.4, -0.2) is 80.3 Å². The summed E-state index contributed by atoms with van der Waals surface area (Å²) < 4.78 is 29.0. The number of aliphatic carboxylic acids is 1. The van der Waals surface area contributed by atoms with E-state index in [1.165, 1.54) is 12.8 Å². The van der Waals surface area contributed by atoms with Crippen LogP contribution >= 0.6 is 0 Å². The summed E-state index contributed by atoms with van der Waals surface area (Å²) in [6, 6.07) is 7.05. The Labute approximate surface area is 224 Å². The lowest BCUT2D eigenvalue weighted by Gasteiger charge is -2.40. The predicted molar refractivity (Wildman–Crippen MR) is 142 cm³/mol. The van der Waals surface area contributed by atoms with Gasteiger partial charge in [-0.2, -0.15) is 8.42 Å². The maximum atomic E-state index is 13.1. The van der Waals surface area contributed by atoms with Crippen LogP contribution in [0.25, 0.3) is 0 Å². The summed E-state index contributed by atoms with van der Waals surface area (Å²) in [4.78, 5) is 29.9. The van der Waals surface area contributed by atoms with E-state index in [-0.39, 0.29) is 23.7 Å². The Bertz CT molecular complexity index is 1230. The fraction of sp³-hybridized carbons (Fsp3) is 0.679. The summed E-state index contributed by atoms with van der Waals surface area (Å²) in [5.74, 6) is 0.127. The lowest BCUT2D eigenvalue weighted by Crippen LogP contribution is -2.51. The van der Waals surface area contributed by atoms with Gasteiger partial charge in [-0.25, -0.2) is 0 Å². The number of hydrogen-bond donors (Lipinski definition) is 2. The van der Waals surface area contributed by atoms with E-state index in [4.69, 9.17) is 0 Å². The van der Waals surface area contributed by atoms with Crippen molar-refractivity contribution in [3.63, 3.8) is 0 Å². The summed E-state index contributed by atoms with van der Waals surface area (Å²) in [6.07, 6.45) is 7.42. The van der Waals surface area contributed by atoms with Crippen molar-refractivity contribution in [3.05, 3.63) is 29.8 Å². The highest BCUT2D eigenvalue weighted by molar-refractivity contribution is 7.90. The van der Waals surface area contributed by atoms with Crippen LogP contribution in [0.1, 0.15) is 50.5 Å². The highest BCUT2D eigenvalue weighted by Gasteiger charge is 2.54. The molecule has 1 aromatic carbocycles. The number of piperazine rings is 1. The topological polar surface area (TPSA) is 119 Å². The number of benzene rings is 1. The largest absolute Gasteiger partial charge is 0.481 e. The van der Waals surface area contributed by atoms with E-state index in [9.17, 15) is 23.1 Å². The second kappa shape index (κ2) is 10.3. The van der Waals surface area contributed by atoms with Gasteiger partial charge >= 0.3 is 5.97 Å².